The Bertz CT molecular complexity index is 58.6. The maximum absolute atomic E-state index is 11.4. The Morgan fingerprint density at radius 1 is 1.83 bits per heavy atom. The molecule has 0 aliphatic rings. The number of hydrogen-bond donors (Lipinski definition) is 1. The summed E-state index contributed by atoms with van der Waals surface area (Å²) in [4.78, 5) is 0. The third-order valence-electron chi connectivity index (χ3n) is 0.399. The number of aliphatic hydroxyl groups excluding tert-OH is 1. The molecule has 0 aromatic rings. The monoisotopic (exact) mass is 89.0 g/mol. The van der Waals surface area contributed by atoms with Crippen LogP contribution in [0.3, 0.4) is 0 Å². The van der Waals surface area contributed by atoms with Crippen LogP contribution in [0.1, 0.15) is 6.92 Å². The molecule has 1 N–H and O–H groups in total. The molecule has 0 fully saturated rings. The lowest BCUT2D eigenvalue weighted by atomic mass is 10.5. The Kier molecular flexibility index (Phi) is 2.67. The summed E-state index contributed by atoms with van der Waals surface area (Å²) >= 11 is 0. The van der Waals surface area contributed by atoms with E-state index < -0.39 is 5.83 Å². The summed E-state index contributed by atoms with van der Waals surface area (Å²) in [6.45, 7) is 1.92. The van der Waals surface area contributed by atoms with E-state index in [9.17, 15) is 4.39 Å². The maximum atomic E-state index is 11.4. The summed E-state index contributed by atoms with van der Waals surface area (Å²) in [5, 5.41) is 7.77. The van der Waals surface area contributed by atoms with Crippen LogP contribution in [-0.2, 0) is 0 Å². The molecule has 0 heterocycles. The van der Waals surface area contributed by atoms with Gasteiger partial charge in [-0.2, -0.15) is 0 Å². The zero-order chi connectivity index (χ0) is 4.99. The van der Waals surface area contributed by atoms with Crippen molar-refractivity contribution < 1.29 is 9.50 Å². The Balaban J connectivity index is 3.22. The molecular weight excluding hydrogens is 83.0 g/mol. The Hall–Kier alpha value is -0.370. The van der Waals surface area contributed by atoms with Crippen LogP contribution in [0.5, 0.6) is 0 Å². The fraction of sp³-hybridized carbons (Fsp3) is 0.250. The zero-order valence-electron chi connectivity index (χ0n) is 3.48. The first-order valence-corrected chi connectivity index (χ1v) is 1.60. The van der Waals surface area contributed by atoms with Crippen molar-refractivity contribution in [2.45, 2.75) is 6.92 Å². The Morgan fingerprint density at radius 3 is 2.33 bits per heavy atom. The molecule has 0 unspecified atom stereocenters. The van der Waals surface area contributed by atoms with Gasteiger partial charge in [-0.3, -0.25) is 0 Å². The van der Waals surface area contributed by atoms with Crippen molar-refractivity contribution in [2.75, 3.05) is 0 Å². The molecule has 0 atom stereocenters. The van der Waals surface area contributed by atoms with Crippen molar-refractivity contribution in [3.63, 3.8) is 0 Å². The van der Waals surface area contributed by atoms with Crippen LogP contribution in [0.2, 0.25) is 0 Å². The van der Waals surface area contributed by atoms with Crippen LogP contribution in [0.15, 0.2) is 11.9 Å². The minimum atomic E-state index is -0.602. The van der Waals surface area contributed by atoms with Gasteiger partial charge in [0, 0.05) is 0 Å². The van der Waals surface area contributed by atoms with Gasteiger partial charge in [0.15, 0.2) is 0 Å². The number of rotatable bonds is 1. The van der Waals surface area contributed by atoms with Gasteiger partial charge < -0.3 is 5.11 Å². The summed E-state index contributed by atoms with van der Waals surface area (Å²) in [6.07, 6.45) is 1.17. The van der Waals surface area contributed by atoms with Gasteiger partial charge >= 0.3 is 0 Å². The van der Waals surface area contributed by atoms with Gasteiger partial charge in [-0.25, -0.2) is 4.39 Å². The summed E-state index contributed by atoms with van der Waals surface area (Å²) in [5.74, 6) is -0.602. The van der Waals surface area contributed by atoms with Gasteiger partial charge in [0.2, 0.25) is 0 Å². The van der Waals surface area contributed by atoms with Gasteiger partial charge in [0.25, 0.3) is 0 Å². The summed E-state index contributed by atoms with van der Waals surface area (Å²) in [6, 6.07) is 0. The van der Waals surface area contributed by atoms with Crippen molar-refractivity contribution in [1.29, 1.82) is 0 Å². The molecule has 0 amide bonds. The molecule has 0 rings (SSSR count). The average Bonchev–Trinajstić information content (AvgIpc) is 1.65. The summed E-state index contributed by atoms with van der Waals surface area (Å²) in [5.41, 5.74) is 0. The zero-order valence-corrected chi connectivity index (χ0v) is 3.48. The largest absolute Gasteiger partial charge is 0.383 e. The van der Waals surface area contributed by atoms with Crippen LogP contribution < -0.4 is 0 Å². The van der Waals surface area contributed by atoms with Crippen LogP contribution in [0.25, 0.3) is 0 Å². The van der Waals surface area contributed by atoms with Gasteiger partial charge in [-0.15, -0.1) is 0 Å². The van der Waals surface area contributed by atoms with E-state index in [1.807, 2.05) is 0 Å². The molecule has 0 aliphatic heterocycles. The minimum absolute atomic E-state index is 0.417. The number of halogens is 1. The highest BCUT2D eigenvalue weighted by molar-refractivity contribution is 4.95. The predicted octanol–water partition coefficient (Wildman–Crippen LogP) is 1.39. The van der Waals surface area contributed by atoms with E-state index >= 15 is 0 Å². The fourth-order valence-electron chi connectivity index (χ4n) is 0.0745. The molecule has 0 aromatic heterocycles. The van der Waals surface area contributed by atoms with Crippen molar-refractivity contribution in [1.82, 2.24) is 0 Å². The lowest BCUT2D eigenvalue weighted by Crippen LogP contribution is -1.68. The van der Waals surface area contributed by atoms with Crippen molar-refractivity contribution in [3.05, 3.63) is 18.5 Å². The van der Waals surface area contributed by atoms with Crippen molar-refractivity contribution in [3.8, 4) is 0 Å². The Morgan fingerprint density at radius 2 is 2.33 bits per heavy atom. The van der Waals surface area contributed by atoms with Gasteiger partial charge in [-0.05, 0) is 6.92 Å². The van der Waals surface area contributed by atoms with Crippen molar-refractivity contribution in [2.24, 2.45) is 0 Å². The first kappa shape index (κ1) is 5.63. The molecule has 35 valence electrons. The lowest BCUT2D eigenvalue weighted by Gasteiger charge is -1.78. The second-order valence-electron chi connectivity index (χ2n) is 0.803. The quantitative estimate of drug-likeness (QED) is 0.514. The minimum Gasteiger partial charge on any atom is -0.383 e. The molecule has 0 spiro atoms. The first-order chi connectivity index (χ1) is 2.81. The van der Waals surface area contributed by atoms with E-state index in [-0.39, 0.29) is 0 Å². The van der Waals surface area contributed by atoms with E-state index in [2.05, 4.69) is 0 Å². The number of aliphatic hydroxyl groups is 1. The molecule has 0 saturated heterocycles. The predicted molar refractivity (Wildman–Crippen MR) is 21.1 cm³/mol. The second-order valence-corrected chi connectivity index (χ2v) is 0.803. The van der Waals surface area contributed by atoms with E-state index in [0.29, 0.717) is 6.61 Å². The summed E-state index contributed by atoms with van der Waals surface area (Å²) in [7, 11) is 0. The molecule has 2 heteroatoms. The summed E-state index contributed by atoms with van der Waals surface area (Å²) < 4.78 is 11.4. The normalized spacial score (nSPS) is 12.2. The highest BCUT2D eigenvalue weighted by atomic mass is 19.1. The number of allylic oxidation sites excluding steroid dienone is 1. The van der Waals surface area contributed by atoms with Crippen LogP contribution in [0, 0.1) is 6.61 Å². The molecule has 0 saturated carbocycles. The average molecular weight is 89.1 g/mol. The SMILES string of the molecule is CC=C(F)[CH]O. The second kappa shape index (κ2) is 2.85. The first-order valence-electron chi connectivity index (χ1n) is 1.60. The molecule has 6 heavy (non-hydrogen) atoms. The van der Waals surface area contributed by atoms with Gasteiger partial charge in [-0.1, -0.05) is 6.08 Å². The standard InChI is InChI=1S/C4H6FO/c1-2-4(5)3-6/h2-3,6H,1H3. The molecular formula is C4H6FO. The molecule has 1 nitrogen and oxygen atoms in total. The van der Waals surface area contributed by atoms with E-state index in [1.165, 1.54) is 13.0 Å². The molecule has 0 bridgehead atoms. The van der Waals surface area contributed by atoms with Crippen LogP contribution in [-0.4, -0.2) is 5.11 Å². The van der Waals surface area contributed by atoms with Crippen molar-refractivity contribution >= 4 is 0 Å². The third-order valence-corrected chi connectivity index (χ3v) is 0.399. The smallest absolute Gasteiger partial charge is 0.137 e. The van der Waals surface area contributed by atoms with Crippen LogP contribution in [0.4, 0.5) is 4.39 Å². The van der Waals surface area contributed by atoms with E-state index in [1.54, 1.807) is 0 Å². The molecule has 0 aliphatic carbocycles. The highest BCUT2D eigenvalue weighted by Crippen LogP contribution is 1.94. The number of hydrogen-bond acceptors (Lipinski definition) is 1. The molecule has 1 radical (unpaired) electrons. The van der Waals surface area contributed by atoms with Gasteiger partial charge in [0.05, 0.1) is 0 Å². The van der Waals surface area contributed by atoms with Crippen LogP contribution >= 0.6 is 0 Å². The third kappa shape index (κ3) is 1.91. The topological polar surface area (TPSA) is 20.2 Å². The highest BCUT2D eigenvalue weighted by Gasteiger charge is 1.82. The fourth-order valence-corrected chi connectivity index (χ4v) is 0.0745. The molecule has 0 aromatic carbocycles. The maximum Gasteiger partial charge on any atom is 0.137 e. The van der Waals surface area contributed by atoms with E-state index in [4.69, 9.17) is 5.11 Å². The van der Waals surface area contributed by atoms with E-state index in [0.717, 1.165) is 0 Å². The lowest BCUT2D eigenvalue weighted by molar-refractivity contribution is 0.376. The Labute approximate surface area is 36.1 Å². The van der Waals surface area contributed by atoms with Gasteiger partial charge in [0.1, 0.15) is 12.4 Å².